The van der Waals surface area contributed by atoms with Crippen LogP contribution in [0.4, 0.5) is 0 Å². The molecule has 2 aliphatic heterocycles. The van der Waals surface area contributed by atoms with Crippen molar-refractivity contribution in [2.45, 2.75) is 52.6 Å². The lowest BCUT2D eigenvalue weighted by atomic mass is 9.52. The fourth-order valence-electron chi connectivity index (χ4n) is 5.32. The molecule has 0 aliphatic carbocycles. The molecule has 0 spiro atoms. The molecule has 2 bridgehead atoms. The zero-order chi connectivity index (χ0) is 28.1. The van der Waals surface area contributed by atoms with E-state index in [1.165, 1.54) is 0 Å². The quantitative estimate of drug-likeness (QED) is 0.390. The molecule has 0 saturated carbocycles. The second kappa shape index (κ2) is 12.0. The number of aliphatic imine (C=N–C) groups is 1. The molecule has 1 N–H and O–H groups in total. The van der Waals surface area contributed by atoms with Crippen LogP contribution in [0.5, 0.6) is 0 Å². The Kier molecular flexibility index (Phi) is 9.16. The van der Waals surface area contributed by atoms with Crippen LogP contribution >= 0.6 is 11.6 Å². The Bertz CT molecular complexity index is 1260. The van der Waals surface area contributed by atoms with Crippen LogP contribution in [0.3, 0.4) is 0 Å². The Labute approximate surface area is 230 Å². The third kappa shape index (κ3) is 5.00. The third-order valence-electron chi connectivity index (χ3n) is 7.42. The van der Waals surface area contributed by atoms with Crippen LogP contribution in [0.2, 0.25) is 5.02 Å². The molecule has 2 heterocycles. The first-order valence-corrected chi connectivity index (χ1v) is 13.0. The van der Waals surface area contributed by atoms with Crippen molar-refractivity contribution in [1.29, 1.82) is 21.0 Å². The van der Waals surface area contributed by atoms with Gasteiger partial charge in [0.05, 0.1) is 24.5 Å². The lowest BCUT2D eigenvalue weighted by Gasteiger charge is -2.58. The maximum atomic E-state index is 10.9. The van der Waals surface area contributed by atoms with E-state index in [2.05, 4.69) is 17.5 Å². The van der Waals surface area contributed by atoms with Gasteiger partial charge in [0.15, 0.2) is 5.57 Å². The molecule has 2 aliphatic rings. The van der Waals surface area contributed by atoms with Crippen LogP contribution in [0.15, 0.2) is 40.5 Å². The number of likely N-dealkylation sites (tertiary alicyclic amines) is 1. The first-order chi connectivity index (χ1) is 18.1. The van der Waals surface area contributed by atoms with E-state index < -0.39 is 16.7 Å². The van der Waals surface area contributed by atoms with Gasteiger partial charge >= 0.3 is 0 Å². The lowest BCUT2D eigenvalue weighted by molar-refractivity contribution is 0.0187. The summed E-state index contributed by atoms with van der Waals surface area (Å²) in [6.07, 6.45) is 0. The Morgan fingerprint density at radius 3 is 2.29 bits per heavy atom. The molecule has 10 heteroatoms. The Hall–Kier alpha value is -3.44. The third-order valence-corrected chi connectivity index (χ3v) is 7.77. The molecule has 9 nitrogen and oxygen atoms in total. The summed E-state index contributed by atoms with van der Waals surface area (Å²) in [5.74, 6) is -0.471. The first kappa shape index (κ1) is 29.1. The highest BCUT2D eigenvalue weighted by atomic mass is 35.5. The van der Waals surface area contributed by atoms with Gasteiger partial charge in [-0.2, -0.15) is 21.0 Å². The van der Waals surface area contributed by atoms with Crippen molar-refractivity contribution in [3.8, 4) is 24.3 Å². The monoisotopic (exact) mass is 532 g/mol. The number of nitrogens with one attached hydrogen (secondary N) is 1. The molecular weight excluding hydrogens is 500 g/mol. The molecular formula is C28H33ClN8O. The SMILES string of the molecule is CCOCN(C/N=C1/NC(=C(C#N)C#N)C2(C#N)CN(C(C)C)CC1(C#N)C2c1ccccc1Cl)C(C)C. The number of fused-ring (bicyclic) bond motifs is 2. The minimum Gasteiger partial charge on any atom is -0.366 e. The molecule has 2 saturated heterocycles. The fraction of sp³-hybridized carbons (Fsp3) is 0.536. The smallest absolute Gasteiger partial charge is 0.150 e. The summed E-state index contributed by atoms with van der Waals surface area (Å²) >= 11 is 6.71. The van der Waals surface area contributed by atoms with E-state index in [1.54, 1.807) is 12.1 Å². The number of nitrogens with zero attached hydrogens (tertiary/aromatic N) is 7. The largest absolute Gasteiger partial charge is 0.366 e. The highest BCUT2D eigenvalue weighted by molar-refractivity contribution is 6.31. The van der Waals surface area contributed by atoms with Gasteiger partial charge in [0.25, 0.3) is 0 Å². The zero-order valence-corrected chi connectivity index (χ0v) is 23.2. The van der Waals surface area contributed by atoms with E-state index in [-0.39, 0.29) is 36.6 Å². The second-order valence-electron chi connectivity index (χ2n) is 10.2. The number of amidine groups is 1. The van der Waals surface area contributed by atoms with E-state index in [9.17, 15) is 21.0 Å². The summed E-state index contributed by atoms with van der Waals surface area (Å²) in [4.78, 5) is 8.93. The number of rotatable bonds is 8. The van der Waals surface area contributed by atoms with Crippen LogP contribution in [-0.2, 0) is 4.74 Å². The average molecular weight is 533 g/mol. The van der Waals surface area contributed by atoms with Gasteiger partial charge in [0.2, 0.25) is 0 Å². The Morgan fingerprint density at radius 1 is 1.13 bits per heavy atom. The van der Waals surface area contributed by atoms with Crippen LogP contribution in [-0.4, -0.2) is 60.8 Å². The van der Waals surface area contributed by atoms with Gasteiger partial charge in [0.1, 0.15) is 35.5 Å². The molecule has 3 rings (SSSR count). The number of benzene rings is 1. The summed E-state index contributed by atoms with van der Waals surface area (Å²) in [6, 6.07) is 16.1. The molecule has 1 aromatic rings. The summed E-state index contributed by atoms with van der Waals surface area (Å²) < 4.78 is 5.62. The number of hydrogen-bond donors (Lipinski definition) is 1. The topological polar surface area (TPSA) is 135 Å². The Balaban J connectivity index is 2.39. The molecule has 0 radical (unpaired) electrons. The lowest BCUT2D eigenvalue weighted by Crippen LogP contribution is -2.69. The van der Waals surface area contributed by atoms with Gasteiger partial charge in [-0.05, 0) is 46.2 Å². The zero-order valence-electron chi connectivity index (χ0n) is 22.5. The van der Waals surface area contributed by atoms with Crippen molar-refractivity contribution >= 4 is 17.4 Å². The second-order valence-corrected chi connectivity index (χ2v) is 10.6. The molecule has 0 amide bonds. The normalized spacial score (nSPS) is 26.0. The van der Waals surface area contributed by atoms with Crippen LogP contribution < -0.4 is 5.32 Å². The number of nitriles is 4. The maximum absolute atomic E-state index is 10.9. The standard InChI is InChI=1S/C28H33ClN8O/c1-6-38-18-37(20(4)5)17-34-26-28(14-33)16-36(19(2)3)15-27(13-32,25(35-26)21(11-30)12-31)24(28)22-9-7-8-10-23(22)29/h7-10,19-20,24H,6,15-18H2,1-5H3,(H,34,35). The van der Waals surface area contributed by atoms with Crippen molar-refractivity contribution in [3.05, 3.63) is 46.1 Å². The van der Waals surface area contributed by atoms with Crippen LogP contribution in [0.25, 0.3) is 0 Å². The number of hydrogen-bond acceptors (Lipinski definition) is 8. The van der Waals surface area contributed by atoms with Gasteiger partial charge in [-0.15, -0.1) is 0 Å². The minimum absolute atomic E-state index is 0.0130. The van der Waals surface area contributed by atoms with Crippen molar-refractivity contribution in [1.82, 2.24) is 15.1 Å². The number of piperidine rings is 2. The summed E-state index contributed by atoms with van der Waals surface area (Å²) in [5, 5.41) is 45.2. The first-order valence-electron chi connectivity index (χ1n) is 12.6. The van der Waals surface area contributed by atoms with Gasteiger partial charge in [-0.25, -0.2) is 0 Å². The number of halogens is 1. The van der Waals surface area contributed by atoms with Gasteiger partial charge < -0.3 is 10.1 Å². The van der Waals surface area contributed by atoms with E-state index in [1.807, 2.05) is 68.7 Å². The van der Waals surface area contributed by atoms with Crippen LogP contribution in [0, 0.1) is 56.2 Å². The molecule has 198 valence electrons. The predicted molar refractivity (Wildman–Crippen MR) is 144 cm³/mol. The highest BCUT2D eigenvalue weighted by Gasteiger charge is 2.66. The summed E-state index contributed by atoms with van der Waals surface area (Å²) in [5.41, 5.74) is -2.18. The molecule has 0 aromatic heterocycles. The van der Waals surface area contributed by atoms with Crippen molar-refractivity contribution in [2.75, 3.05) is 33.1 Å². The van der Waals surface area contributed by atoms with Crippen molar-refractivity contribution < 1.29 is 4.74 Å². The Morgan fingerprint density at radius 2 is 1.76 bits per heavy atom. The molecule has 3 atom stereocenters. The van der Waals surface area contributed by atoms with E-state index in [4.69, 9.17) is 21.3 Å². The van der Waals surface area contributed by atoms with Crippen LogP contribution in [0.1, 0.15) is 46.1 Å². The van der Waals surface area contributed by atoms with E-state index in [0.29, 0.717) is 36.3 Å². The van der Waals surface area contributed by atoms with E-state index >= 15 is 0 Å². The summed E-state index contributed by atoms with van der Waals surface area (Å²) in [6.45, 7) is 11.6. The van der Waals surface area contributed by atoms with Gasteiger partial charge in [-0.1, -0.05) is 29.8 Å². The summed E-state index contributed by atoms with van der Waals surface area (Å²) in [7, 11) is 0. The van der Waals surface area contributed by atoms with Gasteiger partial charge in [-0.3, -0.25) is 14.8 Å². The maximum Gasteiger partial charge on any atom is 0.150 e. The van der Waals surface area contributed by atoms with Crippen molar-refractivity contribution in [3.63, 3.8) is 0 Å². The molecule has 2 fully saturated rings. The fourth-order valence-corrected chi connectivity index (χ4v) is 5.56. The van der Waals surface area contributed by atoms with Gasteiger partial charge in [0, 0.05) is 42.7 Å². The number of ether oxygens (including phenoxy) is 1. The average Bonchev–Trinajstić information content (AvgIpc) is 2.90. The van der Waals surface area contributed by atoms with Crippen molar-refractivity contribution in [2.24, 2.45) is 15.8 Å². The molecule has 38 heavy (non-hydrogen) atoms. The molecule has 3 unspecified atom stereocenters. The highest BCUT2D eigenvalue weighted by Crippen LogP contribution is 2.59. The number of allylic oxidation sites excluding steroid dienone is 1. The predicted octanol–water partition coefficient (Wildman–Crippen LogP) is 4.13. The van der Waals surface area contributed by atoms with E-state index in [0.717, 1.165) is 0 Å². The minimum atomic E-state index is -1.42. The molecule has 1 aromatic carbocycles.